The summed E-state index contributed by atoms with van der Waals surface area (Å²) in [5, 5.41) is 0. The minimum absolute atomic E-state index is 0. The van der Waals surface area contributed by atoms with Crippen molar-refractivity contribution < 1.29 is 18.9 Å². The maximum Gasteiger partial charge on any atom is 1.00 e. The summed E-state index contributed by atoms with van der Waals surface area (Å²) in [5.74, 6) is 0.659. The van der Waals surface area contributed by atoms with Crippen LogP contribution in [0.3, 0.4) is 0 Å². The van der Waals surface area contributed by atoms with Crippen LogP contribution in [0.5, 0.6) is 0 Å². The second kappa shape index (κ2) is 8.47. The van der Waals surface area contributed by atoms with Crippen LogP contribution in [0.25, 0.3) is 0 Å². The molecule has 0 heterocycles. The molecule has 15 heavy (non-hydrogen) atoms. The third kappa shape index (κ3) is 6.28. The van der Waals surface area contributed by atoms with Gasteiger partial charge in [-0.1, -0.05) is 44.2 Å². The van der Waals surface area contributed by atoms with E-state index in [0.717, 1.165) is 0 Å². The largest absolute Gasteiger partial charge is 1.00 e. The molecule has 0 amide bonds. The van der Waals surface area contributed by atoms with Crippen LogP contribution in [0.2, 0.25) is 0 Å². The van der Waals surface area contributed by atoms with Crippen LogP contribution in [0.15, 0.2) is 60.7 Å². The Morgan fingerprint density at radius 2 is 1.40 bits per heavy atom. The van der Waals surface area contributed by atoms with Gasteiger partial charge in [0.15, 0.2) is 0 Å². The molecule has 0 aliphatic rings. The van der Waals surface area contributed by atoms with Gasteiger partial charge >= 0.3 is 18.9 Å². The summed E-state index contributed by atoms with van der Waals surface area (Å²) in [4.78, 5) is 0. The third-order valence-electron chi connectivity index (χ3n) is 2.02. The number of hydrogen-bond acceptors (Lipinski definition) is 0. The van der Waals surface area contributed by atoms with Crippen molar-refractivity contribution in [3.05, 3.63) is 66.2 Å². The summed E-state index contributed by atoms with van der Waals surface area (Å²) < 4.78 is 0. The summed E-state index contributed by atoms with van der Waals surface area (Å²) in [6, 6.07) is 20.5. The summed E-state index contributed by atoms with van der Waals surface area (Å²) in [5.41, 5.74) is 1.41. The molecule has 2 aromatic rings. The van der Waals surface area contributed by atoms with Gasteiger partial charge in [0, 0.05) is 0 Å². The second-order valence-electron chi connectivity index (χ2n) is 3.53. The maximum atomic E-state index is 2.20. The molecule has 0 aliphatic carbocycles. The molecule has 2 rings (SSSR count). The van der Waals surface area contributed by atoms with Gasteiger partial charge in [-0.15, -0.1) is 0 Å². The van der Waals surface area contributed by atoms with Gasteiger partial charge in [0.2, 0.25) is 0 Å². The summed E-state index contributed by atoms with van der Waals surface area (Å²) in [7, 11) is 0. The molecule has 0 spiro atoms. The van der Waals surface area contributed by atoms with E-state index in [1.807, 2.05) is 36.4 Å². The Bertz CT molecular complexity index is 291. The fourth-order valence-corrected chi connectivity index (χ4v) is 1.16. The summed E-state index contributed by atoms with van der Waals surface area (Å²) in [6.45, 7) is 4.41. The topological polar surface area (TPSA) is 0 Å². The Morgan fingerprint density at radius 3 is 1.67 bits per heavy atom. The van der Waals surface area contributed by atoms with E-state index in [-0.39, 0.29) is 18.9 Å². The molecule has 1 heteroatoms. The first-order valence-corrected chi connectivity index (χ1v) is 5.02. The molecule has 0 saturated carbocycles. The van der Waals surface area contributed by atoms with Gasteiger partial charge in [0.25, 0.3) is 0 Å². The van der Waals surface area contributed by atoms with Crippen molar-refractivity contribution >= 4 is 0 Å². The van der Waals surface area contributed by atoms with Crippen molar-refractivity contribution in [2.24, 2.45) is 0 Å². The number of hydrogen-bond donors (Lipinski definition) is 0. The zero-order valence-corrected chi connectivity index (χ0v) is 9.85. The Kier molecular flexibility index (Phi) is 8.00. The molecule has 0 aromatic heterocycles. The first kappa shape index (κ1) is 14.2. The molecule has 0 N–H and O–H groups in total. The molecule has 0 unspecified atom stereocenters. The Hall–Kier alpha value is -0.833. The molecule has 0 aliphatic heterocycles. The van der Waals surface area contributed by atoms with Gasteiger partial charge < -0.3 is 0 Å². The van der Waals surface area contributed by atoms with Crippen LogP contribution in [0.4, 0.5) is 0 Å². The zero-order valence-electron chi connectivity index (χ0n) is 9.85. The van der Waals surface area contributed by atoms with Crippen LogP contribution in [0, 0.1) is 0 Å². The van der Waals surface area contributed by atoms with Crippen LogP contribution in [0.1, 0.15) is 25.3 Å². The number of rotatable bonds is 1. The smallest absolute Gasteiger partial charge is 0.214 e. The van der Waals surface area contributed by atoms with Gasteiger partial charge in [-0.05, 0) is 11.5 Å². The van der Waals surface area contributed by atoms with E-state index in [2.05, 4.69) is 38.1 Å². The van der Waals surface area contributed by atoms with E-state index in [9.17, 15) is 0 Å². The van der Waals surface area contributed by atoms with Crippen molar-refractivity contribution in [2.45, 2.75) is 19.8 Å². The standard InChI is InChI=1S/C9H12.C5H5.Li/c1-8(2)9-6-4-3-5-7-9;1-2-4-5-3-1;/h3-8H,1-2H3;1-5H;/q;-1;+1. The minimum Gasteiger partial charge on any atom is -0.214 e. The molecule has 0 bridgehead atoms. The van der Waals surface area contributed by atoms with Crippen molar-refractivity contribution in [1.29, 1.82) is 0 Å². The normalized spacial score (nSPS) is 8.73. The maximum absolute atomic E-state index is 2.20. The van der Waals surface area contributed by atoms with Crippen LogP contribution in [-0.4, -0.2) is 0 Å². The fraction of sp³-hybridized carbons (Fsp3) is 0.214. The SMILES string of the molecule is CC(C)c1ccccc1.[Li+].c1cc[cH-]c1. The molecular formula is C14H17Li. The molecule has 0 atom stereocenters. The predicted molar refractivity (Wildman–Crippen MR) is 62.6 cm³/mol. The Labute approximate surface area is 105 Å². The van der Waals surface area contributed by atoms with E-state index >= 15 is 0 Å². The van der Waals surface area contributed by atoms with Crippen LogP contribution >= 0.6 is 0 Å². The third-order valence-corrected chi connectivity index (χ3v) is 2.02. The number of benzene rings is 1. The fourth-order valence-electron chi connectivity index (χ4n) is 1.16. The van der Waals surface area contributed by atoms with E-state index < -0.39 is 0 Å². The first-order valence-electron chi connectivity index (χ1n) is 5.02. The van der Waals surface area contributed by atoms with Crippen molar-refractivity contribution in [1.82, 2.24) is 0 Å². The van der Waals surface area contributed by atoms with Crippen LogP contribution < -0.4 is 18.9 Å². The van der Waals surface area contributed by atoms with Crippen molar-refractivity contribution in [3.8, 4) is 0 Å². The summed E-state index contributed by atoms with van der Waals surface area (Å²) in [6.07, 6.45) is 0. The average molecular weight is 192 g/mol. The van der Waals surface area contributed by atoms with Gasteiger partial charge in [-0.2, -0.15) is 18.2 Å². The minimum atomic E-state index is 0. The Balaban J connectivity index is 0.000000280. The molecule has 74 valence electrons. The molecule has 0 fully saturated rings. The zero-order chi connectivity index (χ0) is 10.2. The van der Waals surface area contributed by atoms with Gasteiger partial charge in [0.1, 0.15) is 0 Å². The molecule has 0 nitrogen and oxygen atoms in total. The molecule has 2 aromatic carbocycles. The molecule has 0 radical (unpaired) electrons. The molecule has 0 saturated heterocycles. The van der Waals surface area contributed by atoms with Gasteiger partial charge in [-0.25, -0.2) is 12.1 Å². The van der Waals surface area contributed by atoms with E-state index in [0.29, 0.717) is 5.92 Å². The first-order chi connectivity index (χ1) is 6.80. The Morgan fingerprint density at radius 1 is 0.867 bits per heavy atom. The van der Waals surface area contributed by atoms with Crippen molar-refractivity contribution in [3.63, 3.8) is 0 Å². The predicted octanol–water partition coefficient (Wildman–Crippen LogP) is 1.22. The van der Waals surface area contributed by atoms with E-state index in [4.69, 9.17) is 0 Å². The van der Waals surface area contributed by atoms with E-state index in [1.54, 1.807) is 0 Å². The van der Waals surface area contributed by atoms with Gasteiger partial charge in [0.05, 0.1) is 0 Å². The van der Waals surface area contributed by atoms with Crippen molar-refractivity contribution in [2.75, 3.05) is 0 Å². The quantitative estimate of drug-likeness (QED) is 0.471. The molecular weight excluding hydrogens is 175 g/mol. The summed E-state index contributed by atoms with van der Waals surface area (Å²) >= 11 is 0. The van der Waals surface area contributed by atoms with Gasteiger partial charge in [-0.3, -0.25) is 0 Å². The average Bonchev–Trinajstić information content (AvgIpc) is 2.77. The second-order valence-corrected chi connectivity index (χ2v) is 3.53. The van der Waals surface area contributed by atoms with E-state index in [1.165, 1.54) is 5.56 Å². The monoisotopic (exact) mass is 192 g/mol. The van der Waals surface area contributed by atoms with Crippen LogP contribution in [-0.2, 0) is 0 Å².